The Morgan fingerprint density at radius 1 is 1.06 bits per heavy atom. The van der Waals surface area contributed by atoms with Crippen LogP contribution < -0.4 is 0 Å². The van der Waals surface area contributed by atoms with Gasteiger partial charge in [0.25, 0.3) is 0 Å². The van der Waals surface area contributed by atoms with E-state index in [4.69, 9.17) is 4.74 Å². The van der Waals surface area contributed by atoms with E-state index in [0.717, 1.165) is 67.9 Å². The van der Waals surface area contributed by atoms with Crippen LogP contribution in [0.1, 0.15) is 35.3 Å². The van der Waals surface area contributed by atoms with Gasteiger partial charge in [0.05, 0.1) is 19.4 Å². The summed E-state index contributed by atoms with van der Waals surface area (Å²) in [6, 6.07) is 11.0. The molecule has 180 valence electrons. The van der Waals surface area contributed by atoms with Gasteiger partial charge in [-0.1, -0.05) is 18.2 Å². The predicted molar refractivity (Wildman–Crippen MR) is 134 cm³/mol. The molecule has 6 nitrogen and oxygen atoms in total. The van der Waals surface area contributed by atoms with Gasteiger partial charge in [-0.2, -0.15) is 0 Å². The summed E-state index contributed by atoms with van der Waals surface area (Å²) in [6.45, 7) is 6.24. The zero-order chi connectivity index (χ0) is 24.2. The molecule has 0 bridgehead atoms. The van der Waals surface area contributed by atoms with E-state index in [1.807, 2.05) is 34.9 Å². The van der Waals surface area contributed by atoms with Gasteiger partial charge in [-0.3, -0.25) is 19.1 Å². The Morgan fingerprint density at radius 2 is 1.91 bits per heavy atom. The third kappa shape index (κ3) is 5.16. The molecule has 1 saturated heterocycles. The van der Waals surface area contributed by atoms with Crippen molar-refractivity contribution in [3.8, 4) is 22.3 Å². The number of hydrogen-bond donors (Lipinski definition) is 0. The standard InChI is InChI=1S/C28H29FN4O2/c1-20-7-8-21(15-25(20)29)23-16-28-31-18-26(33(28)19-24(23)22-5-4-9-30-17-22)27(34)6-2-3-10-32-11-13-35-14-12-32/h4-5,7-9,15-19H,2-3,6,10-14H2,1H3. The number of hydrogen-bond acceptors (Lipinski definition) is 5. The Balaban J connectivity index is 1.42. The molecule has 4 heterocycles. The fourth-order valence-corrected chi connectivity index (χ4v) is 4.55. The van der Waals surface area contributed by atoms with Crippen LogP contribution in [0, 0.1) is 12.7 Å². The van der Waals surface area contributed by atoms with Crippen molar-refractivity contribution in [3.63, 3.8) is 0 Å². The van der Waals surface area contributed by atoms with Crippen LogP contribution in [0.25, 0.3) is 27.9 Å². The maximum atomic E-state index is 14.4. The van der Waals surface area contributed by atoms with Gasteiger partial charge in [0.1, 0.15) is 17.2 Å². The number of benzene rings is 1. The minimum absolute atomic E-state index is 0.0748. The van der Waals surface area contributed by atoms with Gasteiger partial charge < -0.3 is 4.74 Å². The Morgan fingerprint density at radius 3 is 2.69 bits per heavy atom. The fraction of sp³-hybridized carbons (Fsp3) is 0.321. The molecule has 0 radical (unpaired) electrons. The van der Waals surface area contributed by atoms with Crippen LogP contribution in [-0.4, -0.2) is 57.9 Å². The van der Waals surface area contributed by atoms with Gasteiger partial charge in [-0.15, -0.1) is 0 Å². The first kappa shape index (κ1) is 23.3. The number of morpholine rings is 1. The number of rotatable bonds is 8. The van der Waals surface area contributed by atoms with Crippen molar-refractivity contribution in [1.29, 1.82) is 0 Å². The van der Waals surface area contributed by atoms with E-state index in [-0.39, 0.29) is 11.6 Å². The highest BCUT2D eigenvalue weighted by molar-refractivity contribution is 5.96. The number of aromatic nitrogens is 3. The maximum Gasteiger partial charge on any atom is 0.181 e. The molecule has 7 heteroatoms. The first-order valence-electron chi connectivity index (χ1n) is 12.1. The van der Waals surface area contributed by atoms with Gasteiger partial charge >= 0.3 is 0 Å². The van der Waals surface area contributed by atoms with Crippen LogP contribution in [0.5, 0.6) is 0 Å². The number of pyridine rings is 2. The Bertz CT molecular complexity index is 1330. The van der Waals surface area contributed by atoms with E-state index < -0.39 is 0 Å². The van der Waals surface area contributed by atoms with Gasteiger partial charge in [0, 0.05) is 49.2 Å². The predicted octanol–water partition coefficient (Wildman–Crippen LogP) is 5.20. The lowest BCUT2D eigenvalue weighted by molar-refractivity contribution is 0.0371. The lowest BCUT2D eigenvalue weighted by atomic mass is 9.96. The van der Waals surface area contributed by atoms with Gasteiger partial charge in [-0.05, 0) is 61.2 Å². The van der Waals surface area contributed by atoms with E-state index in [2.05, 4.69) is 14.9 Å². The number of Topliss-reactive ketones (excluding diaryl/α,β-unsaturated/α-hetero) is 1. The Kier molecular flexibility index (Phi) is 6.97. The molecule has 0 N–H and O–H groups in total. The third-order valence-corrected chi connectivity index (χ3v) is 6.62. The number of nitrogens with zero attached hydrogens (tertiary/aromatic N) is 4. The molecule has 0 spiro atoms. The summed E-state index contributed by atoms with van der Waals surface area (Å²) >= 11 is 0. The highest BCUT2D eigenvalue weighted by atomic mass is 19.1. The van der Waals surface area contributed by atoms with Gasteiger partial charge in [-0.25, -0.2) is 9.37 Å². The molecule has 35 heavy (non-hydrogen) atoms. The highest BCUT2D eigenvalue weighted by Crippen LogP contribution is 2.34. The second-order valence-corrected chi connectivity index (χ2v) is 9.01. The first-order chi connectivity index (χ1) is 17.1. The summed E-state index contributed by atoms with van der Waals surface area (Å²) in [6.07, 6.45) is 9.35. The molecular weight excluding hydrogens is 443 g/mol. The number of carbonyl (C=O) groups excluding carboxylic acids is 1. The zero-order valence-electron chi connectivity index (χ0n) is 19.9. The van der Waals surface area contributed by atoms with Crippen LogP contribution >= 0.6 is 0 Å². The lowest BCUT2D eigenvalue weighted by Crippen LogP contribution is -2.36. The molecule has 1 aliphatic rings. The molecule has 1 fully saturated rings. The average molecular weight is 473 g/mol. The molecule has 1 aliphatic heterocycles. The largest absolute Gasteiger partial charge is 0.379 e. The van der Waals surface area contributed by atoms with Crippen LogP contribution in [0.2, 0.25) is 0 Å². The number of unbranched alkanes of at least 4 members (excludes halogenated alkanes) is 1. The molecule has 1 aromatic carbocycles. The molecule has 5 rings (SSSR count). The average Bonchev–Trinajstić information content (AvgIpc) is 3.32. The summed E-state index contributed by atoms with van der Waals surface area (Å²) in [5.74, 6) is -0.179. The van der Waals surface area contributed by atoms with Gasteiger partial charge in [0.15, 0.2) is 5.78 Å². The van der Waals surface area contributed by atoms with E-state index in [1.165, 1.54) is 0 Å². The third-order valence-electron chi connectivity index (χ3n) is 6.62. The first-order valence-corrected chi connectivity index (χ1v) is 12.1. The number of ketones is 1. The fourth-order valence-electron chi connectivity index (χ4n) is 4.55. The van der Waals surface area contributed by atoms with Crippen LogP contribution in [0.3, 0.4) is 0 Å². The van der Waals surface area contributed by atoms with E-state index >= 15 is 0 Å². The number of aryl methyl sites for hydroxylation is 1. The summed E-state index contributed by atoms with van der Waals surface area (Å²) in [4.78, 5) is 24.3. The van der Waals surface area contributed by atoms with Crippen LogP contribution in [-0.2, 0) is 4.74 Å². The molecule has 0 unspecified atom stereocenters. The zero-order valence-corrected chi connectivity index (χ0v) is 19.9. The number of halogens is 1. The molecule has 0 amide bonds. The van der Waals surface area contributed by atoms with Crippen molar-refractivity contribution < 1.29 is 13.9 Å². The summed E-state index contributed by atoms with van der Waals surface area (Å²) in [5, 5.41) is 0. The summed E-state index contributed by atoms with van der Waals surface area (Å²) in [7, 11) is 0. The van der Waals surface area contributed by atoms with Gasteiger partial charge in [0.2, 0.25) is 0 Å². The maximum absolute atomic E-state index is 14.4. The molecule has 0 saturated carbocycles. The normalized spacial score (nSPS) is 14.5. The smallest absolute Gasteiger partial charge is 0.181 e. The molecule has 0 aliphatic carbocycles. The second kappa shape index (κ2) is 10.5. The van der Waals surface area contributed by atoms with Crippen LogP contribution in [0.15, 0.2) is 61.2 Å². The lowest BCUT2D eigenvalue weighted by Gasteiger charge is -2.26. The minimum Gasteiger partial charge on any atom is -0.379 e. The van der Waals surface area contributed by atoms with Crippen LogP contribution in [0.4, 0.5) is 4.39 Å². The highest BCUT2D eigenvalue weighted by Gasteiger charge is 2.17. The number of ether oxygens (including phenoxy) is 1. The van der Waals surface area contributed by atoms with Crippen molar-refractivity contribution in [3.05, 3.63) is 78.3 Å². The van der Waals surface area contributed by atoms with Crippen molar-refractivity contribution in [2.45, 2.75) is 26.2 Å². The number of carbonyl (C=O) groups is 1. The minimum atomic E-state index is -0.254. The van der Waals surface area contributed by atoms with Crippen molar-refractivity contribution in [2.75, 3.05) is 32.8 Å². The van der Waals surface area contributed by atoms with Crippen molar-refractivity contribution >= 4 is 11.4 Å². The number of imidazole rings is 1. The molecule has 0 atom stereocenters. The van der Waals surface area contributed by atoms with Crippen molar-refractivity contribution in [1.82, 2.24) is 19.3 Å². The Labute approximate surface area is 204 Å². The second-order valence-electron chi connectivity index (χ2n) is 9.01. The summed E-state index contributed by atoms with van der Waals surface area (Å²) < 4.78 is 21.6. The monoisotopic (exact) mass is 472 g/mol. The topological polar surface area (TPSA) is 59.7 Å². The van der Waals surface area contributed by atoms with E-state index in [1.54, 1.807) is 37.6 Å². The SMILES string of the molecule is Cc1ccc(-c2cc3ncc(C(=O)CCCCN4CCOCC4)n3cc2-c2cccnc2)cc1F. The number of fused-ring (bicyclic) bond motifs is 1. The quantitative estimate of drug-likeness (QED) is 0.261. The molecule has 3 aromatic heterocycles. The molecular formula is C28H29FN4O2. The van der Waals surface area contributed by atoms with E-state index in [9.17, 15) is 9.18 Å². The molecule has 4 aromatic rings. The van der Waals surface area contributed by atoms with E-state index in [0.29, 0.717) is 23.3 Å². The summed E-state index contributed by atoms with van der Waals surface area (Å²) in [5.41, 5.74) is 5.19. The van der Waals surface area contributed by atoms with Crippen molar-refractivity contribution in [2.24, 2.45) is 0 Å². The Hall–Kier alpha value is -3.42.